The molecule has 0 rings (SSSR count). The van der Waals surface area contributed by atoms with Crippen LogP contribution in [0, 0.1) is 5.92 Å². The molecule has 0 unspecified atom stereocenters. The van der Waals surface area contributed by atoms with E-state index in [1.807, 2.05) is 13.8 Å². The lowest BCUT2D eigenvalue weighted by Gasteiger charge is -2.23. The van der Waals surface area contributed by atoms with E-state index in [0.717, 1.165) is 0 Å². The van der Waals surface area contributed by atoms with Gasteiger partial charge in [-0.2, -0.15) is 0 Å². The zero-order valence-corrected chi connectivity index (χ0v) is 13.2. The number of hydrogen-bond donors (Lipinski definition) is 4. The van der Waals surface area contributed by atoms with Crippen LogP contribution in [-0.2, 0) is 19.2 Å². The molecule has 126 valence electrons. The molecule has 0 fully saturated rings. The fourth-order valence-electron chi connectivity index (χ4n) is 1.68. The predicted molar refractivity (Wildman–Crippen MR) is 79.9 cm³/mol. The third-order valence-corrected chi connectivity index (χ3v) is 3.41. The van der Waals surface area contributed by atoms with E-state index >= 15 is 0 Å². The van der Waals surface area contributed by atoms with Gasteiger partial charge in [0, 0.05) is 6.42 Å². The van der Waals surface area contributed by atoms with Crippen LogP contribution in [0.3, 0.4) is 0 Å². The van der Waals surface area contributed by atoms with Crippen molar-refractivity contribution < 1.29 is 24.3 Å². The van der Waals surface area contributed by atoms with E-state index in [-0.39, 0.29) is 18.8 Å². The largest absolute Gasteiger partial charge is 0.481 e. The Morgan fingerprint density at radius 2 is 1.77 bits per heavy atom. The van der Waals surface area contributed by atoms with Crippen LogP contribution in [0.25, 0.3) is 0 Å². The first-order chi connectivity index (χ1) is 10.2. The fourth-order valence-corrected chi connectivity index (χ4v) is 1.68. The minimum absolute atomic E-state index is 0.0721. The lowest BCUT2D eigenvalue weighted by atomic mass is 9.98. The summed E-state index contributed by atoms with van der Waals surface area (Å²) in [6.45, 7) is 5.18. The van der Waals surface area contributed by atoms with Crippen molar-refractivity contribution in [1.82, 2.24) is 10.6 Å². The number of carbonyl (C=O) groups is 4. The molecule has 0 heterocycles. The summed E-state index contributed by atoms with van der Waals surface area (Å²) in [4.78, 5) is 45.3. The second kappa shape index (κ2) is 9.88. The number of amides is 2. The fraction of sp³-hybridized carbons (Fsp3) is 0.714. The molecule has 4 atom stereocenters. The molecule has 0 radical (unpaired) electrons. The normalized spacial score (nSPS) is 16.0. The van der Waals surface area contributed by atoms with Crippen molar-refractivity contribution in [3.05, 3.63) is 0 Å². The molecule has 0 aliphatic carbocycles. The van der Waals surface area contributed by atoms with Crippen LogP contribution in [0.15, 0.2) is 0 Å². The van der Waals surface area contributed by atoms with Crippen LogP contribution < -0.4 is 16.4 Å². The summed E-state index contributed by atoms with van der Waals surface area (Å²) in [5.41, 5.74) is 5.79. The topological polar surface area (TPSA) is 139 Å². The number of nitrogens with one attached hydrogen (secondary N) is 2. The highest BCUT2D eigenvalue weighted by molar-refractivity contribution is 5.91. The van der Waals surface area contributed by atoms with Crippen molar-refractivity contribution in [2.24, 2.45) is 11.7 Å². The minimum atomic E-state index is -1.08. The summed E-state index contributed by atoms with van der Waals surface area (Å²) in [5.74, 6) is -2.28. The van der Waals surface area contributed by atoms with E-state index in [4.69, 9.17) is 10.8 Å². The molecule has 8 nitrogen and oxygen atoms in total. The average molecular weight is 315 g/mol. The minimum Gasteiger partial charge on any atom is -0.481 e. The van der Waals surface area contributed by atoms with Crippen molar-refractivity contribution in [2.75, 3.05) is 0 Å². The molecule has 0 aromatic carbocycles. The third-order valence-electron chi connectivity index (χ3n) is 3.41. The Kier molecular flexibility index (Phi) is 9.00. The molecular weight excluding hydrogens is 290 g/mol. The Labute approximate surface area is 129 Å². The molecule has 0 aromatic heterocycles. The smallest absolute Gasteiger partial charge is 0.303 e. The van der Waals surface area contributed by atoms with Crippen molar-refractivity contribution in [3.8, 4) is 0 Å². The average Bonchev–Trinajstić information content (AvgIpc) is 2.48. The van der Waals surface area contributed by atoms with Gasteiger partial charge in [0.05, 0.1) is 12.1 Å². The molecule has 8 heteroatoms. The third kappa shape index (κ3) is 7.16. The Bertz CT molecular complexity index is 413. The Morgan fingerprint density at radius 3 is 2.23 bits per heavy atom. The maximum Gasteiger partial charge on any atom is 0.303 e. The van der Waals surface area contributed by atoms with E-state index in [1.54, 1.807) is 0 Å². The van der Waals surface area contributed by atoms with E-state index in [0.29, 0.717) is 12.7 Å². The number of aldehydes is 1. The summed E-state index contributed by atoms with van der Waals surface area (Å²) < 4.78 is 0. The second-order valence-corrected chi connectivity index (χ2v) is 5.34. The first-order valence-corrected chi connectivity index (χ1v) is 7.26. The number of aliphatic carboxylic acids is 1. The van der Waals surface area contributed by atoms with Gasteiger partial charge in [-0.1, -0.05) is 20.3 Å². The van der Waals surface area contributed by atoms with Gasteiger partial charge in [-0.05, 0) is 19.3 Å². The van der Waals surface area contributed by atoms with Gasteiger partial charge in [0.1, 0.15) is 12.3 Å². The van der Waals surface area contributed by atoms with Gasteiger partial charge in [-0.25, -0.2) is 0 Å². The van der Waals surface area contributed by atoms with Crippen LogP contribution in [0.1, 0.15) is 40.0 Å². The predicted octanol–water partition coefficient (Wildman–Crippen LogP) is -0.587. The highest BCUT2D eigenvalue weighted by Gasteiger charge is 2.27. The van der Waals surface area contributed by atoms with E-state index in [1.165, 1.54) is 6.92 Å². The maximum atomic E-state index is 12.0. The molecule has 0 saturated heterocycles. The second-order valence-electron chi connectivity index (χ2n) is 5.34. The summed E-state index contributed by atoms with van der Waals surface area (Å²) >= 11 is 0. The Hall–Kier alpha value is -1.96. The van der Waals surface area contributed by atoms with Gasteiger partial charge < -0.3 is 26.3 Å². The first-order valence-electron chi connectivity index (χ1n) is 7.26. The molecule has 0 aliphatic heterocycles. The van der Waals surface area contributed by atoms with Gasteiger partial charge in [0.15, 0.2) is 0 Å². The van der Waals surface area contributed by atoms with Crippen LogP contribution in [-0.4, -0.2) is 47.3 Å². The van der Waals surface area contributed by atoms with Crippen LogP contribution in [0.2, 0.25) is 0 Å². The molecule has 0 saturated carbocycles. The molecule has 0 bridgehead atoms. The van der Waals surface area contributed by atoms with Gasteiger partial charge in [-0.15, -0.1) is 0 Å². The monoisotopic (exact) mass is 315 g/mol. The highest BCUT2D eigenvalue weighted by Crippen LogP contribution is 2.07. The number of carboxylic acids is 1. The van der Waals surface area contributed by atoms with Crippen LogP contribution in [0.4, 0.5) is 0 Å². The lowest BCUT2D eigenvalue weighted by molar-refractivity contribution is -0.138. The van der Waals surface area contributed by atoms with E-state index < -0.39 is 35.9 Å². The number of rotatable bonds is 10. The molecular formula is C14H25N3O5. The van der Waals surface area contributed by atoms with E-state index in [9.17, 15) is 19.2 Å². The van der Waals surface area contributed by atoms with Gasteiger partial charge in [-0.3, -0.25) is 14.4 Å². The molecule has 5 N–H and O–H groups in total. The van der Waals surface area contributed by atoms with E-state index in [2.05, 4.69) is 10.6 Å². The van der Waals surface area contributed by atoms with Gasteiger partial charge in [0.25, 0.3) is 0 Å². The van der Waals surface area contributed by atoms with Crippen molar-refractivity contribution >= 4 is 24.1 Å². The number of carboxylic acid groups (broad SMARTS) is 1. The summed E-state index contributed by atoms with van der Waals surface area (Å²) in [7, 11) is 0. The summed E-state index contributed by atoms with van der Waals surface area (Å²) in [5, 5.41) is 13.6. The first kappa shape index (κ1) is 20.0. The van der Waals surface area contributed by atoms with Gasteiger partial charge in [0.2, 0.25) is 11.8 Å². The van der Waals surface area contributed by atoms with Crippen molar-refractivity contribution in [3.63, 3.8) is 0 Å². The number of carbonyl (C=O) groups excluding carboxylic acids is 3. The maximum absolute atomic E-state index is 12.0. The summed E-state index contributed by atoms with van der Waals surface area (Å²) in [6, 6.07) is -2.55. The van der Waals surface area contributed by atoms with Gasteiger partial charge >= 0.3 is 5.97 Å². The molecule has 22 heavy (non-hydrogen) atoms. The molecule has 0 aliphatic rings. The number of nitrogens with two attached hydrogens (primary N) is 1. The van der Waals surface area contributed by atoms with Crippen LogP contribution >= 0.6 is 0 Å². The molecule has 0 spiro atoms. The zero-order chi connectivity index (χ0) is 17.3. The lowest BCUT2D eigenvalue weighted by Crippen LogP contribution is -2.54. The summed E-state index contributed by atoms with van der Waals surface area (Å²) in [6.07, 6.45) is 0.875. The number of hydrogen-bond acceptors (Lipinski definition) is 5. The highest BCUT2D eigenvalue weighted by atomic mass is 16.4. The van der Waals surface area contributed by atoms with Crippen LogP contribution in [0.5, 0.6) is 0 Å². The standard InChI is InChI=1S/C14H25N3O5/c1-4-8(2)12(15)14(22)17-10(5-6-11(19)20)13(21)16-9(3)7-18/h7-10,12H,4-6,15H2,1-3H3,(H,16,21)(H,17,22)(H,19,20)/t8-,9-,10-,12-/m0/s1. The molecule has 2 amide bonds. The Balaban J connectivity index is 4.84. The van der Waals surface area contributed by atoms with Crippen molar-refractivity contribution in [2.45, 2.75) is 58.2 Å². The quantitative estimate of drug-likeness (QED) is 0.398. The Morgan fingerprint density at radius 1 is 1.18 bits per heavy atom. The molecule has 0 aromatic rings. The SMILES string of the molecule is CC[C@H](C)[C@H](N)C(=O)N[C@@H](CCC(=O)O)C(=O)N[C@@H](C)C=O. The zero-order valence-electron chi connectivity index (χ0n) is 13.2. The van der Waals surface area contributed by atoms with Crippen molar-refractivity contribution in [1.29, 1.82) is 0 Å².